The van der Waals surface area contributed by atoms with Crippen LogP contribution >= 0.6 is 0 Å². The summed E-state index contributed by atoms with van der Waals surface area (Å²) < 4.78 is 22.0. The van der Waals surface area contributed by atoms with E-state index in [1.54, 1.807) is 28.3 Å². The number of amides is 1. The maximum absolute atomic E-state index is 14.2. The number of rotatable bonds is 6. The second-order valence-corrected chi connectivity index (χ2v) is 8.66. The third-order valence-corrected chi connectivity index (χ3v) is 6.69. The summed E-state index contributed by atoms with van der Waals surface area (Å²) >= 11 is 0. The van der Waals surface area contributed by atoms with E-state index in [1.807, 2.05) is 71.6 Å². The number of benzene rings is 3. The van der Waals surface area contributed by atoms with Gasteiger partial charge in [-0.3, -0.25) is 4.79 Å². The predicted molar refractivity (Wildman–Crippen MR) is 136 cm³/mol. The first-order valence-electron chi connectivity index (χ1n) is 11.8. The van der Waals surface area contributed by atoms with Crippen molar-refractivity contribution in [2.24, 2.45) is 0 Å². The number of methoxy groups -OCH3 is 3. The maximum atomic E-state index is 14.2. The summed E-state index contributed by atoms with van der Waals surface area (Å²) in [5.74, 6) is 2.40. The van der Waals surface area contributed by atoms with Crippen LogP contribution in [0, 0.1) is 6.92 Å². The van der Waals surface area contributed by atoms with Gasteiger partial charge in [-0.1, -0.05) is 47.6 Å². The summed E-state index contributed by atoms with van der Waals surface area (Å²) in [5.41, 5.74) is 4.93. The fourth-order valence-electron chi connectivity index (χ4n) is 4.87. The normalized spacial score (nSPS) is 14.8. The van der Waals surface area contributed by atoms with Crippen molar-refractivity contribution in [2.45, 2.75) is 19.4 Å². The molecule has 0 fully saturated rings. The van der Waals surface area contributed by atoms with Gasteiger partial charge in [-0.25, -0.2) is 0 Å². The minimum atomic E-state index is -0.343. The van der Waals surface area contributed by atoms with E-state index in [0.717, 1.165) is 28.0 Å². The van der Waals surface area contributed by atoms with Crippen LogP contribution in [0.15, 0.2) is 71.3 Å². The Bertz CT molecular complexity index is 1380. The Hall–Kier alpha value is -4.26. The number of fused-ring (bicyclic) bond motifs is 1. The lowest BCUT2D eigenvalue weighted by Crippen LogP contribution is -2.41. The first-order chi connectivity index (χ1) is 17.5. The van der Waals surface area contributed by atoms with Gasteiger partial charge in [0.15, 0.2) is 11.5 Å². The molecule has 0 aliphatic carbocycles. The lowest BCUT2D eigenvalue weighted by molar-refractivity contribution is 0.0693. The molecular formula is C29H28N2O5. The van der Waals surface area contributed by atoms with Crippen molar-refractivity contribution in [3.63, 3.8) is 0 Å². The van der Waals surface area contributed by atoms with Crippen LogP contribution in [0.25, 0.3) is 11.3 Å². The van der Waals surface area contributed by atoms with Gasteiger partial charge < -0.3 is 23.6 Å². The molecule has 0 saturated heterocycles. The van der Waals surface area contributed by atoms with E-state index in [0.29, 0.717) is 41.5 Å². The van der Waals surface area contributed by atoms with Crippen molar-refractivity contribution in [2.75, 3.05) is 27.9 Å². The molecule has 184 valence electrons. The van der Waals surface area contributed by atoms with E-state index in [2.05, 4.69) is 5.16 Å². The highest BCUT2D eigenvalue weighted by molar-refractivity contribution is 6.01. The molecule has 0 radical (unpaired) electrons. The second kappa shape index (κ2) is 9.77. The monoisotopic (exact) mass is 484 g/mol. The quantitative estimate of drug-likeness (QED) is 0.362. The van der Waals surface area contributed by atoms with Crippen LogP contribution in [0.4, 0.5) is 0 Å². The average Bonchev–Trinajstić information content (AvgIpc) is 3.32. The van der Waals surface area contributed by atoms with Gasteiger partial charge in [0.25, 0.3) is 5.91 Å². The van der Waals surface area contributed by atoms with Crippen molar-refractivity contribution in [3.05, 3.63) is 94.7 Å². The number of carbonyl (C=O) groups excluding carboxylic acids is 1. The first-order valence-corrected chi connectivity index (χ1v) is 11.8. The summed E-state index contributed by atoms with van der Waals surface area (Å²) in [6.07, 6.45) is 0.680. The Labute approximate surface area is 210 Å². The van der Waals surface area contributed by atoms with Gasteiger partial charge in [0, 0.05) is 12.1 Å². The Morgan fingerprint density at radius 3 is 2.31 bits per heavy atom. The van der Waals surface area contributed by atoms with E-state index < -0.39 is 0 Å². The molecule has 3 aromatic carbocycles. The molecule has 7 nitrogen and oxygen atoms in total. The third-order valence-electron chi connectivity index (χ3n) is 6.69. The SMILES string of the molecule is COc1ccc([C@H]2c3cc(OC)c(OC)cc3CCN2C(=O)c2c(-c3ccccc3)noc2C)cc1. The van der Waals surface area contributed by atoms with E-state index in [4.69, 9.17) is 18.7 Å². The van der Waals surface area contributed by atoms with Gasteiger partial charge in [-0.15, -0.1) is 0 Å². The largest absolute Gasteiger partial charge is 0.497 e. The Balaban J connectivity index is 1.64. The van der Waals surface area contributed by atoms with Crippen molar-refractivity contribution < 1.29 is 23.5 Å². The third kappa shape index (κ3) is 4.06. The Kier molecular flexibility index (Phi) is 6.38. The van der Waals surface area contributed by atoms with Crippen LogP contribution in [0.1, 0.15) is 38.9 Å². The first kappa shape index (κ1) is 23.5. The zero-order chi connectivity index (χ0) is 25.2. The highest BCUT2D eigenvalue weighted by Gasteiger charge is 2.36. The minimum Gasteiger partial charge on any atom is -0.497 e. The molecule has 1 aromatic heterocycles. The van der Waals surface area contributed by atoms with E-state index in [9.17, 15) is 4.79 Å². The van der Waals surface area contributed by atoms with Crippen LogP contribution in [-0.2, 0) is 6.42 Å². The van der Waals surface area contributed by atoms with Crippen molar-refractivity contribution >= 4 is 5.91 Å². The van der Waals surface area contributed by atoms with Gasteiger partial charge >= 0.3 is 0 Å². The smallest absolute Gasteiger partial charge is 0.260 e. The van der Waals surface area contributed by atoms with Crippen LogP contribution < -0.4 is 14.2 Å². The van der Waals surface area contributed by atoms with Gasteiger partial charge in [0.2, 0.25) is 0 Å². The fourth-order valence-corrected chi connectivity index (χ4v) is 4.87. The molecule has 36 heavy (non-hydrogen) atoms. The molecule has 1 amide bonds. The molecule has 0 saturated carbocycles. The zero-order valence-corrected chi connectivity index (χ0v) is 20.8. The molecule has 1 aliphatic rings. The Morgan fingerprint density at radius 1 is 0.944 bits per heavy atom. The van der Waals surface area contributed by atoms with Crippen LogP contribution in [0.2, 0.25) is 0 Å². The lowest BCUT2D eigenvalue weighted by Gasteiger charge is -2.38. The number of aromatic nitrogens is 1. The number of hydrogen-bond donors (Lipinski definition) is 0. The molecule has 0 spiro atoms. The summed E-state index contributed by atoms with van der Waals surface area (Å²) in [4.78, 5) is 16.1. The number of ether oxygens (including phenoxy) is 3. The summed E-state index contributed by atoms with van der Waals surface area (Å²) in [6.45, 7) is 2.30. The molecule has 5 rings (SSSR count). The molecule has 1 aliphatic heterocycles. The van der Waals surface area contributed by atoms with Crippen molar-refractivity contribution in [3.8, 4) is 28.5 Å². The van der Waals surface area contributed by atoms with E-state index in [1.165, 1.54) is 0 Å². The van der Waals surface area contributed by atoms with Gasteiger partial charge in [-0.2, -0.15) is 0 Å². The fraction of sp³-hybridized carbons (Fsp3) is 0.241. The highest BCUT2D eigenvalue weighted by Crippen LogP contribution is 2.42. The number of hydrogen-bond acceptors (Lipinski definition) is 6. The predicted octanol–water partition coefficient (Wildman–Crippen LogP) is 5.46. The van der Waals surface area contributed by atoms with Gasteiger partial charge in [0.1, 0.15) is 22.8 Å². The lowest BCUT2D eigenvalue weighted by atomic mass is 9.87. The van der Waals surface area contributed by atoms with Crippen LogP contribution in [0.5, 0.6) is 17.2 Å². The maximum Gasteiger partial charge on any atom is 0.260 e. The van der Waals surface area contributed by atoms with E-state index >= 15 is 0 Å². The zero-order valence-electron chi connectivity index (χ0n) is 20.8. The topological polar surface area (TPSA) is 74.0 Å². The minimum absolute atomic E-state index is 0.131. The van der Waals surface area contributed by atoms with Gasteiger partial charge in [-0.05, 0) is 54.3 Å². The molecule has 7 heteroatoms. The molecule has 1 atom stereocenters. The molecular weight excluding hydrogens is 456 g/mol. The van der Waals surface area contributed by atoms with Crippen LogP contribution in [-0.4, -0.2) is 43.8 Å². The number of carbonyl (C=O) groups is 1. The average molecular weight is 485 g/mol. The Morgan fingerprint density at radius 2 is 1.64 bits per heavy atom. The second-order valence-electron chi connectivity index (χ2n) is 8.66. The molecule has 2 heterocycles. The molecule has 0 N–H and O–H groups in total. The molecule has 0 bridgehead atoms. The summed E-state index contributed by atoms with van der Waals surface area (Å²) in [5, 5.41) is 4.24. The molecule has 0 unspecified atom stereocenters. The van der Waals surface area contributed by atoms with Crippen molar-refractivity contribution in [1.29, 1.82) is 0 Å². The number of aryl methyl sites for hydroxylation is 1. The summed E-state index contributed by atoms with van der Waals surface area (Å²) in [7, 11) is 4.88. The summed E-state index contributed by atoms with van der Waals surface area (Å²) in [6, 6.07) is 21.1. The molecule has 4 aromatic rings. The highest BCUT2D eigenvalue weighted by atomic mass is 16.5. The standard InChI is InChI=1S/C29H28N2O5/c1-18-26(27(30-36-18)19-8-6-5-7-9-19)29(32)31-15-14-21-16-24(34-3)25(35-4)17-23(21)28(31)20-10-12-22(33-2)13-11-20/h5-13,16-17,28H,14-15H2,1-4H3/t28-/m0/s1. The van der Waals surface area contributed by atoms with E-state index in [-0.39, 0.29) is 11.9 Å². The van der Waals surface area contributed by atoms with Gasteiger partial charge in [0.05, 0.1) is 27.4 Å². The van der Waals surface area contributed by atoms with Crippen LogP contribution in [0.3, 0.4) is 0 Å². The van der Waals surface area contributed by atoms with Crippen molar-refractivity contribution in [1.82, 2.24) is 10.1 Å². The number of nitrogens with zero attached hydrogens (tertiary/aromatic N) is 2.